The van der Waals surface area contributed by atoms with Crippen molar-refractivity contribution in [1.29, 1.82) is 5.26 Å². The maximum atomic E-state index is 11.4. The molecule has 1 N–H and O–H groups in total. The van der Waals surface area contributed by atoms with Gasteiger partial charge in [-0.25, -0.2) is 4.79 Å². The van der Waals surface area contributed by atoms with Gasteiger partial charge in [-0.05, 0) is 0 Å². The fraction of sp³-hybridized carbons (Fsp3) is 0.111. The maximum Gasteiger partial charge on any atom is 0.328 e. The van der Waals surface area contributed by atoms with Crippen LogP contribution in [0, 0.1) is 11.3 Å². The third kappa shape index (κ3) is 1.92. The molecule has 0 atom stereocenters. The molecular formula is C9H6N4O2S. The monoisotopic (exact) mass is 234 g/mol. The van der Waals surface area contributed by atoms with E-state index in [2.05, 4.69) is 9.97 Å². The van der Waals surface area contributed by atoms with Crippen LogP contribution >= 0.6 is 11.3 Å². The number of nitriles is 1. The zero-order valence-corrected chi connectivity index (χ0v) is 8.82. The van der Waals surface area contributed by atoms with E-state index in [1.807, 2.05) is 0 Å². The van der Waals surface area contributed by atoms with Crippen molar-refractivity contribution in [3.8, 4) is 6.07 Å². The summed E-state index contributed by atoms with van der Waals surface area (Å²) in [6, 6.07) is 1.73. The highest BCUT2D eigenvalue weighted by molar-refractivity contribution is 7.09. The Morgan fingerprint density at radius 1 is 1.56 bits per heavy atom. The van der Waals surface area contributed by atoms with Gasteiger partial charge in [0.15, 0.2) is 0 Å². The SMILES string of the molecule is N#Cc1cn(Cc2cncs2)c(=O)[nH]c1=O. The van der Waals surface area contributed by atoms with Crippen LogP contribution in [0.2, 0.25) is 0 Å². The summed E-state index contributed by atoms with van der Waals surface area (Å²) in [7, 11) is 0. The molecule has 0 unspecified atom stereocenters. The van der Waals surface area contributed by atoms with E-state index in [9.17, 15) is 9.59 Å². The minimum Gasteiger partial charge on any atom is -0.294 e. The first-order valence-corrected chi connectivity index (χ1v) is 5.20. The van der Waals surface area contributed by atoms with Crippen LogP contribution in [0.1, 0.15) is 10.4 Å². The van der Waals surface area contributed by atoms with Crippen molar-refractivity contribution in [1.82, 2.24) is 14.5 Å². The first-order valence-electron chi connectivity index (χ1n) is 4.32. The normalized spacial score (nSPS) is 9.94. The molecule has 0 aliphatic carbocycles. The lowest BCUT2D eigenvalue weighted by Crippen LogP contribution is -2.31. The van der Waals surface area contributed by atoms with Crippen LogP contribution in [-0.4, -0.2) is 14.5 Å². The Labute approximate surface area is 93.4 Å². The van der Waals surface area contributed by atoms with E-state index in [4.69, 9.17) is 5.26 Å². The van der Waals surface area contributed by atoms with Crippen LogP contribution in [0.4, 0.5) is 0 Å². The van der Waals surface area contributed by atoms with Gasteiger partial charge in [0.2, 0.25) is 0 Å². The van der Waals surface area contributed by atoms with Crippen LogP contribution in [0.5, 0.6) is 0 Å². The lowest BCUT2D eigenvalue weighted by Gasteiger charge is -2.01. The lowest BCUT2D eigenvalue weighted by molar-refractivity contribution is 0.724. The summed E-state index contributed by atoms with van der Waals surface area (Å²) in [4.78, 5) is 29.4. The van der Waals surface area contributed by atoms with Gasteiger partial charge in [0.1, 0.15) is 11.6 Å². The smallest absolute Gasteiger partial charge is 0.294 e. The first kappa shape index (κ1) is 10.3. The Morgan fingerprint density at radius 2 is 2.38 bits per heavy atom. The number of hydrogen-bond acceptors (Lipinski definition) is 5. The summed E-state index contributed by atoms with van der Waals surface area (Å²) in [5.74, 6) is 0. The minimum atomic E-state index is -0.659. The van der Waals surface area contributed by atoms with Gasteiger partial charge >= 0.3 is 5.69 Å². The van der Waals surface area contributed by atoms with Gasteiger partial charge in [-0.2, -0.15) is 5.26 Å². The average Bonchev–Trinajstić information content (AvgIpc) is 2.75. The molecule has 0 aliphatic rings. The van der Waals surface area contributed by atoms with Crippen molar-refractivity contribution in [2.24, 2.45) is 0 Å². The number of aromatic amines is 1. The summed E-state index contributed by atoms with van der Waals surface area (Å²) in [5.41, 5.74) is 0.381. The number of thiazole rings is 1. The average molecular weight is 234 g/mol. The third-order valence-electron chi connectivity index (χ3n) is 1.94. The van der Waals surface area contributed by atoms with Crippen molar-refractivity contribution in [2.75, 3.05) is 0 Å². The minimum absolute atomic E-state index is 0.0795. The van der Waals surface area contributed by atoms with E-state index < -0.39 is 11.2 Å². The van der Waals surface area contributed by atoms with Crippen LogP contribution in [-0.2, 0) is 6.54 Å². The first-order chi connectivity index (χ1) is 7.70. The second kappa shape index (κ2) is 4.12. The topological polar surface area (TPSA) is 91.5 Å². The molecule has 0 aliphatic heterocycles. The molecule has 0 radical (unpaired) electrons. The Kier molecular flexibility index (Phi) is 2.66. The number of nitrogens with one attached hydrogen (secondary N) is 1. The summed E-state index contributed by atoms with van der Waals surface area (Å²) in [6.45, 7) is 0.301. The Balaban J connectivity index is 2.46. The van der Waals surface area contributed by atoms with Crippen molar-refractivity contribution in [3.63, 3.8) is 0 Å². The highest BCUT2D eigenvalue weighted by Gasteiger charge is 2.04. The molecular weight excluding hydrogens is 228 g/mol. The molecule has 0 amide bonds. The molecule has 2 aromatic rings. The molecule has 7 heteroatoms. The molecule has 0 bridgehead atoms. The number of hydrogen-bond donors (Lipinski definition) is 1. The van der Waals surface area contributed by atoms with Crippen LogP contribution < -0.4 is 11.2 Å². The predicted octanol–water partition coefficient (Wildman–Crippen LogP) is -0.0869. The number of H-pyrrole nitrogens is 1. The molecule has 2 aromatic heterocycles. The van der Waals surface area contributed by atoms with Gasteiger partial charge in [-0.15, -0.1) is 11.3 Å². The molecule has 0 spiro atoms. The number of nitrogens with zero attached hydrogens (tertiary/aromatic N) is 3. The van der Waals surface area contributed by atoms with Crippen molar-refractivity contribution >= 4 is 11.3 Å². The van der Waals surface area contributed by atoms with Gasteiger partial charge in [0.05, 0.1) is 12.1 Å². The van der Waals surface area contributed by atoms with E-state index in [-0.39, 0.29) is 5.56 Å². The van der Waals surface area contributed by atoms with Gasteiger partial charge < -0.3 is 0 Å². The summed E-state index contributed by atoms with van der Waals surface area (Å²) >= 11 is 1.40. The molecule has 2 rings (SSSR count). The van der Waals surface area contributed by atoms with Crippen molar-refractivity contribution < 1.29 is 0 Å². The van der Waals surface area contributed by atoms with E-state index in [1.165, 1.54) is 22.1 Å². The largest absolute Gasteiger partial charge is 0.328 e. The highest BCUT2D eigenvalue weighted by atomic mass is 32.1. The highest BCUT2D eigenvalue weighted by Crippen LogP contribution is 2.06. The second-order valence-corrected chi connectivity index (χ2v) is 3.98. The zero-order valence-electron chi connectivity index (χ0n) is 8.01. The molecule has 0 aromatic carbocycles. The molecule has 0 fully saturated rings. The quantitative estimate of drug-likeness (QED) is 0.786. The standard InChI is InChI=1S/C9H6N4O2S/c10-1-6-3-13(9(15)12-8(6)14)4-7-2-11-5-16-7/h2-3,5H,4H2,(H,12,14,15). The Morgan fingerprint density at radius 3 is 3.00 bits per heavy atom. The molecule has 16 heavy (non-hydrogen) atoms. The predicted molar refractivity (Wildman–Crippen MR) is 57.3 cm³/mol. The molecule has 2 heterocycles. The summed E-state index contributed by atoms with van der Waals surface area (Å²) in [5, 5.41) is 8.66. The number of rotatable bonds is 2. The van der Waals surface area contributed by atoms with E-state index in [1.54, 1.807) is 17.8 Å². The summed E-state index contributed by atoms with van der Waals surface area (Å²) in [6.07, 6.45) is 2.88. The second-order valence-electron chi connectivity index (χ2n) is 3.01. The Hall–Kier alpha value is -2.20. The van der Waals surface area contributed by atoms with Gasteiger partial charge in [0, 0.05) is 17.3 Å². The summed E-state index contributed by atoms with van der Waals surface area (Å²) < 4.78 is 1.27. The fourth-order valence-corrected chi connectivity index (χ4v) is 1.79. The lowest BCUT2D eigenvalue weighted by atomic mass is 10.3. The van der Waals surface area contributed by atoms with Gasteiger partial charge in [-0.1, -0.05) is 0 Å². The molecule has 6 nitrogen and oxygen atoms in total. The maximum absolute atomic E-state index is 11.4. The van der Waals surface area contributed by atoms with E-state index in [0.29, 0.717) is 6.54 Å². The van der Waals surface area contributed by atoms with Crippen molar-refractivity contribution in [2.45, 2.75) is 6.54 Å². The molecule has 0 saturated carbocycles. The van der Waals surface area contributed by atoms with Gasteiger partial charge in [-0.3, -0.25) is 19.3 Å². The molecule has 0 saturated heterocycles. The fourth-order valence-electron chi connectivity index (χ4n) is 1.19. The Bertz CT molecular complexity index is 647. The van der Waals surface area contributed by atoms with Crippen molar-refractivity contribution in [3.05, 3.63) is 49.2 Å². The molecule has 80 valence electrons. The van der Waals surface area contributed by atoms with Gasteiger partial charge in [0.25, 0.3) is 5.56 Å². The van der Waals surface area contributed by atoms with Crippen LogP contribution in [0.3, 0.4) is 0 Å². The van der Waals surface area contributed by atoms with Crippen LogP contribution in [0.25, 0.3) is 0 Å². The number of aromatic nitrogens is 3. The zero-order chi connectivity index (χ0) is 11.5. The van der Waals surface area contributed by atoms with Crippen LogP contribution in [0.15, 0.2) is 27.5 Å². The van der Waals surface area contributed by atoms with E-state index in [0.717, 1.165) is 4.88 Å². The third-order valence-corrected chi connectivity index (χ3v) is 2.71. The van der Waals surface area contributed by atoms with E-state index >= 15 is 0 Å².